The van der Waals surface area contributed by atoms with E-state index < -0.39 is 0 Å². The molecule has 0 spiro atoms. The number of anilines is 1. The quantitative estimate of drug-likeness (QED) is 0.633. The van der Waals surface area contributed by atoms with Crippen LogP contribution in [0.25, 0.3) is 0 Å². The molecule has 0 aliphatic heterocycles. The fraction of sp³-hybridized carbons (Fsp3) is 0.733. The third-order valence-corrected chi connectivity index (χ3v) is 2.87. The molecule has 0 amide bonds. The van der Waals surface area contributed by atoms with E-state index in [2.05, 4.69) is 29.1 Å². The van der Waals surface area contributed by atoms with E-state index in [0.717, 1.165) is 24.3 Å². The first-order valence-corrected chi connectivity index (χ1v) is 7.48. The lowest BCUT2D eigenvalue weighted by molar-refractivity contribution is 0.0641. The van der Waals surface area contributed by atoms with Crippen molar-refractivity contribution < 1.29 is 14.2 Å². The lowest BCUT2D eigenvalue weighted by Crippen LogP contribution is -2.11. The summed E-state index contributed by atoms with van der Waals surface area (Å²) in [5, 5.41) is 3.25. The van der Waals surface area contributed by atoms with Gasteiger partial charge in [-0.05, 0) is 12.8 Å². The number of methoxy groups -OCH3 is 1. The molecule has 1 N–H and O–H groups in total. The molecule has 1 aromatic heterocycles. The zero-order valence-corrected chi connectivity index (χ0v) is 13.5. The van der Waals surface area contributed by atoms with Crippen LogP contribution in [0.4, 0.5) is 5.82 Å². The van der Waals surface area contributed by atoms with E-state index >= 15 is 0 Å². The van der Waals surface area contributed by atoms with Gasteiger partial charge in [-0.1, -0.05) is 13.8 Å². The van der Waals surface area contributed by atoms with Gasteiger partial charge in [0.25, 0.3) is 0 Å². The van der Waals surface area contributed by atoms with Crippen molar-refractivity contribution in [3.63, 3.8) is 0 Å². The number of hydrogen-bond donors (Lipinski definition) is 1. The van der Waals surface area contributed by atoms with Crippen LogP contribution in [0.5, 0.6) is 5.88 Å². The zero-order chi connectivity index (χ0) is 15.5. The second kappa shape index (κ2) is 10.3. The topological polar surface area (TPSA) is 65.5 Å². The standard InChI is InChI=1S/C15H27N3O3/c1-5-16-14-13(12(2)3)15(18-11-17-14)21-8-6-7-20-10-9-19-4/h11-12H,5-10H2,1-4H3,(H,16,17,18). The SMILES string of the molecule is CCNc1ncnc(OCCCOCCOC)c1C(C)C. The Hall–Kier alpha value is -1.40. The van der Waals surface area contributed by atoms with Crippen LogP contribution in [0, 0.1) is 0 Å². The molecule has 1 rings (SSSR count). The molecule has 0 aliphatic carbocycles. The highest BCUT2D eigenvalue weighted by Crippen LogP contribution is 2.29. The normalized spacial score (nSPS) is 10.9. The van der Waals surface area contributed by atoms with E-state index in [0.29, 0.717) is 38.2 Å². The van der Waals surface area contributed by atoms with Crippen LogP contribution in [0.3, 0.4) is 0 Å². The smallest absolute Gasteiger partial charge is 0.222 e. The molecule has 6 nitrogen and oxygen atoms in total. The third kappa shape index (κ3) is 6.27. The van der Waals surface area contributed by atoms with Crippen LogP contribution >= 0.6 is 0 Å². The van der Waals surface area contributed by atoms with Gasteiger partial charge in [-0.25, -0.2) is 9.97 Å². The van der Waals surface area contributed by atoms with Crippen molar-refractivity contribution in [3.8, 4) is 5.88 Å². The Labute approximate surface area is 127 Å². The average molecular weight is 297 g/mol. The van der Waals surface area contributed by atoms with Crippen molar-refractivity contribution in [2.75, 3.05) is 45.4 Å². The first-order chi connectivity index (χ1) is 10.2. The van der Waals surface area contributed by atoms with Crippen molar-refractivity contribution in [2.24, 2.45) is 0 Å². The molecule has 6 heteroatoms. The molecule has 1 aromatic rings. The number of aromatic nitrogens is 2. The van der Waals surface area contributed by atoms with E-state index in [1.807, 2.05) is 6.92 Å². The summed E-state index contributed by atoms with van der Waals surface area (Å²) in [7, 11) is 1.66. The van der Waals surface area contributed by atoms with Crippen LogP contribution in [0.2, 0.25) is 0 Å². The maximum absolute atomic E-state index is 5.79. The largest absolute Gasteiger partial charge is 0.477 e. The fourth-order valence-electron chi connectivity index (χ4n) is 1.90. The van der Waals surface area contributed by atoms with Gasteiger partial charge in [0.1, 0.15) is 12.1 Å². The first kappa shape index (κ1) is 17.7. The summed E-state index contributed by atoms with van der Waals surface area (Å²) in [6.45, 7) is 9.57. The first-order valence-electron chi connectivity index (χ1n) is 7.48. The minimum Gasteiger partial charge on any atom is -0.477 e. The van der Waals surface area contributed by atoms with E-state index in [9.17, 15) is 0 Å². The van der Waals surface area contributed by atoms with Crippen LogP contribution < -0.4 is 10.1 Å². The monoisotopic (exact) mass is 297 g/mol. The second-order valence-electron chi connectivity index (χ2n) is 4.93. The number of rotatable bonds is 11. The Bertz CT molecular complexity index is 400. The predicted octanol–water partition coefficient (Wildman–Crippen LogP) is 2.46. The minimum absolute atomic E-state index is 0.299. The van der Waals surface area contributed by atoms with Crippen molar-refractivity contribution in [1.82, 2.24) is 9.97 Å². The van der Waals surface area contributed by atoms with E-state index in [4.69, 9.17) is 14.2 Å². The molecule has 0 aliphatic rings. The van der Waals surface area contributed by atoms with Crippen molar-refractivity contribution in [1.29, 1.82) is 0 Å². The van der Waals surface area contributed by atoms with Crippen LogP contribution in [0.15, 0.2) is 6.33 Å². The Balaban J connectivity index is 2.48. The molecule has 0 radical (unpaired) electrons. The maximum Gasteiger partial charge on any atom is 0.222 e. The zero-order valence-electron chi connectivity index (χ0n) is 13.5. The molecule has 0 unspecified atom stereocenters. The second-order valence-corrected chi connectivity index (χ2v) is 4.93. The Morgan fingerprint density at radius 1 is 1.14 bits per heavy atom. The van der Waals surface area contributed by atoms with Crippen molar-refractivity contribution >= 4 is 5.82 Å². The van der Waals surface area contributed by atoms with Gasteiger partial charge in [0.2, 0.25) is 5.88 Å². The van der Waals surface area contributed by atoms with Gasteiger partial charge in [0.05, 0.1) is 25.4 Å². The van der Waals surface area contributed by atoms with Crippen molar-refractivity contribution in [2.45, 2.75) is 33.1 Å². The van der Waals surface area contributed by atoms with Crippen LogP contribution in [-0.4, -0.2) is 50.1 Å². The lowest BCUT2D eigenvalue weighted by Gasteiger charge is -2.16. The van der Waals surface area contributed by atoms with Gasteiger partial charge in [-0.3, -0.25) is 0 Å². The summed E-state index contributed by atoms with van der Waals surface area (Å²) in [5.74, 6) is 1.81. The molecule has 120 valence electrons. The lowest BCUT2D eigenvalue weighted by atomic mass is 10.1. The summed E-state index contributed by atoms with van der Waals surface area (Å²) in [6, 6.07) is 0. The van der Waals surface area contributed by atoms with Gasteiger partial charge in [-0.2, -0.15) is 0 Å². The van der Waals surface area contributed by atoms with Gasteiger partial charge < -0.3 is 19.5 Å². The van der Waals surface area contributed by atoms with E-state index in [1.54, 1.807) is 7.11 Å². The molecule has 0 saturated carbocycles. The highest BCUT2D eigenvalue weighted by Gasteiger charge is 2.15. The van der Waals surface area contributed by atoms with Gasteiger partial charge in [0, 0.05) is 26.7 Å². The Morgan fingerprint density at radius 3 is 2.62 bits per heavy atom. The number of nitrogens with zero attached hydrogens (tertiary/aromatic N) is 2. The summed E-state index contributed by atoms with van der Waals surface area (Å²) in [6.07, 6.45) is 2.36. The Morgan fingerprint density at radius 2 is 1.95 bits per heavy atom. The van der Waals surface area contributed by atoms with Crippen LogP contribution in [-0.2, 0) is 9.47 Å². The van der Waals surface area contributed by atoms with Gasteiger partial charge in [0.15, 0.2) is 0 Å². The predicted molar refractivity (Wildman–Crippen MR) is 83.1 cm³/mol. The molecule has 21 heavy (non-hydrogen) atoms. The molecule has 0 aromatic carbocycles. The molecule has 1 heterocycles. The maximum atomic E-state index is 5.79. The molecular weight excluding hydrogens is 270 g/mol. The van der Waals surface area contributed by atoms with Crippen LogP contribution in [0.1, 0.15) is 38.7 Å². The third-order valence-electron chi connectivity index (χ3n) is 2.87. The summed E-state index contributed by atoms with van der Waals surface area (Å²) in [4.78, 5) is 8.54. The number of nitrogens with one attached hydrogen (secondary N) is 1. The fourth-order valence-corrected chi connectivity index (χ4v) is 1.90. The summed E-state index contributed by atoms with van der Waals surface area (Å²) < 4.78 is 16.1. The molecular formula is C15H27N3O3. The Kier molecular flexibility index (Phi) is 8.69. The molecule has 0 saturated heterocycles. The highest BCUT2D eigenvalue weighted by atomic mass is 16.5. The minimum atomic E-state index is 0.299. The van der Waals surface area contributed by atoms with Crippen molar-refractivity contribution in [3.05, 3.63) is 11.9 Å². The highest BCUT2D eigenvalue weighted by molar-refractivity contribution is 5.50. The molecule has 0 fully saturated rings. The number of ether oxygens (including phenoxy) is 3. The van der Waals surface area contributed by atoms with Gasteiger partial charge >= 0.3 is 0 Å². The summed E-state index contributed by atoms with van der Waals surface area (Å²) >= 11 is 0. The number of hydrogen-bond acceptors (Lipinski definition) is 6. The van der Waals surface area contributed by atoms with Gasteiger partial charge in [-0.15, -0.1) is 0 Å². The summed E-state index contributed by atoms with van der Waals surface area (Å²) in [5.41, 5.74) is 1.03. The molecule has 0 bridgehead atoms. The average Bonchev–Trinajstić information content (AvgIpc) is 2.46. The van der Waals surface area contributed by atoms with E-state index in [1.165, 1.54) is 6.33 Å². The van der Waals surface area contributed by atoms with E-state index in [-0.39, 0.29) is 0 Å². The molecule has 0 atom stereocenters.